The molecule has 0 radical (unpaired) electrons. The largest absolute Gasteiger partial charge is 1.00 e. The Morgan fingerprint density at radius 2 is 1.04 bits per heavy atom. The van der Waals surface area contributed by atoms with Crippen LogP contribution in [0.3, 0.4) is 0 Å². The minimum Gasteiger partial charge on any atom is -1.00 e. The normalized spacial score (nSPS) is 26.7. The number of fused-ring (bicyclic) bond motifs is 4. The Bertz CT molecular complexity index is 3450. The number of ether oxygens (including phenoxy) is 2. The van der Waals surface area contributed by atoms with Gasteiger partial charge in [0.25, 0.3) is 0 Å². The Kier molecular flexibility index (Phi) is 36.7. The molecule has 4 aromatic rings. The van der Waals surface area contributed by atoms with Crippen LogP contribution in [0.2, 0.25) is 0 Å². The number of nitrogens with zero attached hydrogens (tertiary/aromatic N) is 2. The number of benzene rings is 4. The number of para-hydroxylation sites is 2. The van der Waals surface area contributed by atoms with Crippen LogP contribution >= 0.6 is 8.25 Å². The van der Waals surface area contributed by atoms with E-state index in [-0.39, 0.29) is 140 Å². The number of aliphatic hydroxyl groups excluding tert-OH is 4. The number of aliphatic hydroxyl groups is 4. The van der Waals surface area contributed by atoms with Crippen LogP contribution in [0.4, 0.5) is 0 Å². The van der Waals surface area contributed by atoms with Gasteiger partial charge >= 0.3 is 73.3 Å². The number of halogens is 1. The van der Waals surface area contributed by atoms with Gasteiger partial charge in [-0.2, -0.15) is 10.1 Å². The van der Waals surface area contributed by atoms with E-state index >= 15 is 0 Å². The molecule has 2 saturated heterocycles. The predicted octanol–water partition coefficient (Wildman–Crippen LogP) is 1.03. The smallest absolute Gasteiger partial charge is 1.00 e. The van der Waals surface area contributed by atoms with Gasteiger partial charge in [0.1, 0.15) is 54.6 Å². The van der Waals surface area contributed by atoms with E-state index in [4.69, 9.17) is 43.2 Å². The number of hydroxylamine groups is 4. The van der Waals surface area contributed by atoms with Crippen LogP contribution in [0.25, 0.3) is 22.3 Å². The third-order valence-corrected chi connectivity index (χ3v) is 21.4. The molecule has 17 atom stereocenters. The summed E-state index contributed by atoms with van der Waals surface area (Å²) in [5, 5.41) is 68.0. The van der Waals surface area contributed by atoms with Crippen LogP contribution in [0.1, 0.15) is 163 Å². The van der Waals surface area contributed by atoms with E-state index in [0.29, 0.717) is 110 Å². The van der Waals surface area contributed by atoms with Crippen molar-refractivity contribution in [3.8, 4) is 33.8 Å². The van der Waals surface area contributed by atoms with Gasteiger partial charge in [0.05, 0.1) is 69.6 Å². The number of nitrogens with one attached hydrogen (secondary N) is 2. The summed E-state index contributed by atoms with van der Waals surface area (Å²) in [6.07, 6.45) is 4.89. The average Bonchev–Trinajstić information content (AvgIpc) is 0.915. The van der Waals surface area contributed by atoms with E-state index in [1.807, 2.05) is 31.2 Å². The summed E-state index contributed by atoms with van der Waals surface area (Å²) in [5.74, 6) is 0.837. The number of hydrogen-bond donors (Lipinski definition) is 8. The van der Waals surface area contributed by atoms with Crippen molar-refractivity contribution in [2.24, 2.45) is 58.2 Å². The first-order valence-corrected chi connectivity index (χ1v) is 34.3. The van der Waals surface area contributed by atoms with Crippen LogP contribution in [0, 0.1) is 69.5 Å². The summed E-state index contributed by atoms with van der Waals surface area (Å²) in [7, 11) is -0.0155. The summed E-state index contributed by atoms with van der Waals surface area (Å²) in [6, 6.07) is 18.5. The number of methoxy groups -OCH3 is 2. The first-order valence-electron chi connectivity index (χ1n) is 32.6. The molecule has 8 aliphatic rings. The van der Waals surface area contributed by atoms with E-state index in [2.05, 4.69) is 76.8 Å². The van der Waals surface area contributed by atoms with Crippen LogP contribution in [-0.2, 0) is 41.6 Å². The zero-order valence-corrected chi connectivity index (χ0v) is 65.3. The molecule has 2 amide bonds. The number of allylic oxidation sites excluding steroid dienone is 2. The van der Waals surface area contributed by atoms with Crippen molar-refractivity contribution in [1.82, 2.24) is 20.8 Å². The number of carboxylic acids is 1. The number of carbonyl (C=O) groups is 6. The van der Waals surface area contributed by atoms with Crippen LogP contribution in [0.15, 0.2) is 84.4 Å². The van der Waals surface area contributed by atoms with E-state index < -0.39 is 73.9 Å². The third-order valence-electron chi connectivity index (χ3n) is 21.2. The quantitative estimate of drug-likeness (QED) is 0.0144. The van der Waals surface area contributed by atoms with Crippen molar-refractivity contribution in [3.63, 3.8) is 0 Å². The molecule has 4 aromatic carbocycles. The van der Waals surface area contributed by atoms with Gasteiger partial charge in [-0.1, -0.05) is 97.0 Å². The third kappa shape index (κ3) is 21.4. The SMILES string of the molecule is C.CC=C(C)C.COc1c(CN2O[C@@H](CO)[C@@H]([C@H](C)O)[C@H]2C(=O)N[C@H]2C[C@H]3C[C@@H]([C@@H]2C)C3(C)C)cccc1-c1cc(C=O)cc(C(=O)O)c1.COc1c(CN2O[C@@H](CO)[C@@H]([C@H](C)O)[C@H]2C(=O)N[C@H]2C[C@H]3C[C@@H]([C@@H]2C)C3(C)C)cccc1-c1cc(C=O)cc(C=O)c1.O=[P+]([O-])OO.[H-].[Na+].[Na+].[O-][Cl+][O-]. The van der Waals surface area contributed by atoms with Crippen LogP contribution in [0.5, 0.6) is 11.5 Å². The van der Waals surface area contributed by atoms with Gasteiger partial charge in [0, 0.05) is 67.5 Å². The number of carbonyl (C=O) groups excluding carboxylic acids is 5. The van der Waals surface area contributed by atoms with Crippen molar-refractivity contribution in [2.75, 3.05) is 27.4 Å². The molecule has 8 fully saturated rings. The Balaban J connectivity index is 0.000000572. The Hall–Kier alpha value is -4.49. The maximum Gasteiger partial charge on any atom is 1.00 e. The van der Waals surface area contributed by atoms with Crippen molar-refractivity contribution in [1.29, 1.82) is 0 Å². The monoisotopic (exact) mass is 1470 g/mol. The Morgan fingerprint density at radius 3 is 1.32 bits per heavy atom. The van der Waals surface area contributed by atoms with Crippen LogP contribution < -0.4 is 93.4 Å². The van der Waals surface area contributed by atoms with Gasteiger partial charge in [-0.15, -0.1) is 0 Å². The molecule has 29 heteroatoms. The maximum absolute atomic E-state index is 14.0. The summed E-state index contributed by atoms with van der Waals surface area (Å²) in [6.45, 7) is 22.6. The number of rotatable bonds is 21. The number of amides is 2. The first-order chi connectivity index (χ1) is 46.4. The Morgan fingerprint density at radius 1 is 0.693 bits per heavy atom. The van der Waals surface area contributed by atoms with E-state index in [1.54, 1.807) is 49.2 Å². The molecular weight excluding hydrogens is 1370 g/mol. The zero-order valence-electron chi connectivity index (χ0n) is 60.7. The van der Waals surface area contributed by atoms with Crippen molar-refractivity contribution >= 4 is 44.9 Å². The fourth-order valence-corrected chi connectivity index (χ4v) is 15.6. The molecule has 101 heavy (non-hydrogen) atoms. The van der Waals surface area contributed by atoms with Crippen LogP contribution in [-0.4, -0.2) is 154 Å². The van der Waals surface area contributed by atoms with Crippen molar-refractivity contribution in [2.45, 2.75) is 171 Å². The number of aldehydes is 3. The van der Waals surface area contributed by atoms with E-state index in [0.717, 1.165) is 12.8 Å². The van der Waals surface area contributed by atoms with Gasteiger partial charge in [0.15, 0.2) is 0 Å². The van der Waals surface area contributed by atoms with Gasteiger partial charge < -0.3 is 61.3 Å². The zero-order chi connectivity index (χ0) is 72.8. The Labute approximate surface area is 643 Å². The first kappa shape index (κ1) is 90.7. The summed E-state index contributed by atoms with van der Waals surface area (Å²) in [4.78, 5) is 95.5. The molecule has 1 unspecified atom stereocenters. The van der Waals surface area contributed by atoms with Crippen molar-refractivity contribution in [3.05, 3.63) is 118 Å². The standard InChI is InChI=1S/C33H42N2O8.C33H42N2O7.C5H10.CH4.ClO2.2Na.HO4P.H/c1-17-25-12-23(33(25,3)4)13-26(17)34-31(39)29-28(18(2)38)27(16-37)43-35(29)14-20-7-6-8-24(30(20)42-5)21-9-19(15-36)10-22(11-21)32(40)41;1-18-26-12-24(33(26,3)4)13-27(18)34-32(40)30-29(19(2)39)28(17-38)42-35(30)14-22-7-6-8-25(31(22)41-5)23-10-20(15-36)9-21(11-23)16-37;1-4-5(2)3;;2-1-3;;;1-4-5(2)3;/h6-11,15,17-18,23,25-29,37-38H,12-14,16H2,1-5H3,(H,34,39)(H,40,41);6-11,15-16,18-19,24,26-30,38-39H,12-14,17H2,1-5H3,(H,34,40);4H,1-3H3;1H4;;;;1H;/q;;;;-1;2*+1;;-1/t17-,18-,23+,25-,26-,27-,28+,29-;18-,19-,24+,26-,27-,28-,29+,30-;;;;;;;/m00......./s1. The van der Waals surface area contributed by atoms with E-state index in [9.17, 15) is 54.3 Å². The van der Waals surface area contributed by atoms with Crippen molar-refractivity contribution < 1.29 is 174 Å². The fourth-order valence-electron chi connectivity index (χ4n) is 15.6. The molecule has 2 aliphatic heterocycles. The number of carboxylic acid groups (broad SMARTS) is 1. The molecule has 548 valence electrons. The minimum atomic E-state index is -3.04. The molecule has 12 rings (SSSR count). The van der Waals surface area contributed by atoms with Gasteiger partial charge in [-0.05, 0) is 159 Å². The molecule has 2 heterocycles. The summed E-state index contributed by atoms with van der Waals surface area (Å²) in [5.41, 5.74) is 6.55. The summed E-state index contributed by atoms with van der Waals surface area (Å²) >= 11 is -0.417. The van der Waals surface area contributed by atoms with Gasteiger partial charge in [0.2, 0.25) is 11.8 Å². The topological polar surface area (TPSA) is 387 Å². The molecule has 4 bridgehead atoms. The fraction of sp³-hybridized carbons (Fsp3) is 0.556. The molecular formula is C72H100ClN4Na2O21P. The molecule has 6 saturated carbocycles. The van der Waals surface area contributed by atoms with Gasteiger partial charge in [-0.3, -0.25) is 33.6 Å². The minimum absolute atomic E-state index is 0. The van der Waals surface area contributed by atoms with E-state index in [1.165, 1.54) is 55.9 Å². The second kappa shape index (κ2) is 40.9. The molecule has 6 aliphatic carbocycles. The maximum atomic E-state index is 14.0. The molecule has 25 nitrogen and oxygen atoms in total. The second-order valence-electron chi connectivity index (χ2n) is 27.6. The molecule has 0 aromatic heterocycles. The molecule has 0 spiro atoms. The second-order valence-corrected chi connectivity index (χ2v) is 28.3. The number of hydrogen-bond acceptors (Lipinski definition) is 22. The number of aromatic carboxylic acids is 1. The average molecular weight is 1470 g/mol. The predicted molar refractivity (Wildman–Crippen MR) is 359 cm³/mol. The molecule has 8 N–H and O–H groups in total. The van der Waals surface area contributed by atoms with Gasteiger partial charge in [-0.25, -0.2) is 10.1 Å². The summed E-state index contributed by atoms with van der Waals surface area (Å²) < 4.78 is 39.7.